The molecule has 0 amide bonds. The number of pyridine rings is 1. The summed E-state index contributed by atoms with van der Waals surface area (Å²) in [7, 11) is -3.84. The Morgan fingerprint density at radius 3 is 2.38 bits per heavy atom. The second kappa shape index (κ2) is 8.47. The molecule has 0 saturated heterocycles. The predicted molar refractivity (Wildman–Crippen MR) is 109 cm³/mol. The normalized spacial score (nSPS) is 11.4. The van der Waals surface area contributed by atoms with E-state index in [0.29, 0.717) is 11.1 Å². The second-order valence-electron chi connectivity index (χ2n) is 6.39. The molecule has 0 spiro atoms. The summed E-state index contributed by atoms with van der Waals surface area (Å²) in [5.74, 6) is 0.889. The summed E-state index contributed by atoms with van der Waals surface area (Å²) < 4.78 is 24.0. The number of hydrogen-bond acceptors (Lipinski definition) is 4. The Morgan fingerprint density at radius 1 is 1.19 bits per heavy atom. The van der Waals surface area contributed by atoms with E-state index in [9.17, 15) is 8.42 Å². The third-order valence-corrected chi connectivity index (χ3v) is 5.08. The van der Waals surface area contributed by atoms with Gasteiger partial charge in [-0.15, -0.1) is 0 Å². The summed E-state index contributed by atoms with van der Waals surface area (Å²) >= 11 is 0. The molecule has 0 aliphatic carbocycles. The maximum atomic E-state index is 12.0. The fraction of sp³-hybridized carbons (Fsp3) is 0.350. The van der Waals surface area contributed by atoms with Crippen LogP contribution >= 0.6 is 0 Å². The van der Waals surface area contributed by atoms with Crippen molar-refractivity contribution >= 4 is 21.4 Å². The second-order valence-corrected chi connectivity index (χ2v) is 7.92. The first-order valence-corrected chi connectivity index (χ1v) is 10.4. The van der Waals surface area contributed by atoms with Crippen LogP contribution in [0.5, 0.6) is 0 Å². The van der Waals surface area contributed by atoms with Crippen LogP contribution in [0.15, 0.2) is 48.0 Å². The van der Waals surface area contributed by atoms with E-state index < -0.39 is 10.0 Å². The van der Waals surface area contributed by atoms with Crippen LogP contribution in [0.4, 0.5) is 5.82 Å². The lowest BCUT2D eigenvalue weighted by atomic mass is 9.96. The molecular weight excluding hydrogens is 346 g/mol. The van der Waals surface area contributed by atoms with Crippen molar-refractivity contribution in [2.75, 3.05) is 18.0 Å². The highest BCUT2D eigenvalue weighted by atomic mass is 32.2. The van der Waals surface area contributed by atoms with Gasteiger partial charge in [0.1, 0.15) is 5.82 Å². The van der Waals surface area contributed by atoms with Crippen molar-refractivity contribution in [2.45, 2.75) is 38.5 Å². The van der Waals surface area contributed by atoms with Crippen LogP contribution in [0.25, 0.3) is 16.7 Å². The first-order chi connectivity index (χ1) is 12.3. The molecule has 140 valence electrons. The van der Waals surface area contributed by atoms with Gasteiger partial charge in [0.15, 0.2) is 0 Å². The average molecular weight is 374 g/mol. The number of hydrogen-bond donors (Lipinski definition) is 1. The molecule has 0 saturated carbocycles. The Bertz CT molecular complexity index is 886. The van der Waals surface area contributed by atoms with E-state index in [0.717, 1.165) is 42.9 Å². The molecule has 2 rings (SSSR count). The quantitative estimate of drug-likeness (QED) is 0.757. The molecule has 1 aromatic carbocycles. The molecule has 0 fully saturated rings. The van der Waals surface area contributed by atoms with E-state index in [2.05, 4.69) is 30.3 Å². The van der Waals surface area contributed by atoms with Crippen molar-refractivity contribution in [2.24, 2.45) is 5.14 Å². The zero-order chi connectivity index (χ0) is 19.3. The van der Waals surface area contributed by atoms with Gasteiger partial charge in [-0.2, -0.15) is 0 Å². The molecule has 1 aromatic heterocycles. The Balaban J connectivity index is 2.62. The van der Waals surface area contributed by atoms with Crippen LogP contribution in [-0.4, -0.2) is 26.5 Å². The van der Waals surface area contributed by atoms with Crippen molar-refractivity contribution in [3.05, 3.63) is 48.7 Å². The lowest BCUT2D eigenvalue weighted by molar-refractivity contribution is 0.597. The maximum Gasteiger partial charge on any atom is 0.238 e. The van der Waals surface area contributed by atoms with Gasteiger partial charge >= 0.3 is 0 Å². The van der Waals surface area contributed by atoms with Crippen LogP contribution in [0.3, 0.4) is 0 Å². The standard InChI is InChI=1S/C20H27N3O2S/c1-5-12-23(13-6-2)19-14-16(10-11-22-19)17-8-7-9-18(26(21,24)25)20(17)15(3)4/h7-11,14H,3,5-6,12-13H2,1-2,4H3,(H2,21,24,25). The SMILES string of the molecule is C=C(C)c1c(-c2ccnc(N(CCC)CCC)c2)cccc1S(N)(=O)=O. The van der Waals surface area contributed by atoms with Gasteiger partial charge in [-0.1, -0.05) is 32.6 Å². The van der Waals surface area contributed by atoms with Crippen LogP contribution in [0.2, 0.25) is 0 Å². The van der Waals surface area contributed by atoms with Crippen LogP contribution in [-0.2, 0) is 10.0 Å². The molecule has 0 aliphatic heterocycles. The molecule has 2 aromatic rings. The minimum Gasteiger partial charge on any atom is -0.357 e. The molecule has 5 nitrogen and oxygen atoms in total. The Hall–Kier alpha value is -2.18. The monoisotopic (exact) mass is 373 g/mol. The number of rotatable bonds is 8. The van der Waals surface area contributed by atoms with Crippen molar-refractivity contribution in [3.8, 4) is 11.1 Å². The summed E-state index contributed by atoms with van der Waals surface area (Å²) in [5.41, 5.74) is 2.91. The van der Waals surface area contributed by atoms with E-state index in [-0.39, 0.29) is 4.90 Å². The van der Waals surface area contributed by atoms with Crippen LogP contribution in [0.1, 0.15) is 39.2 Å². The van der Waals surface area contributed by atoms with E-state index in [1.807, 2.05) is 18.2 Å². The van der Waals surface area contributed by atoms with Crippen LogP contribution < -0.4 is 10.0 Å². The molecule has 0 atom stereocenters. The van der Waals surface area contributed by atoms with E-state index in [1.54, 1.807) is 19.2 Å². The molecule has 0 unspecified atom stereocenters. The van der Waals surface area contributed by atoms with Gasteiger partial charge in [-0.25, -0.2) is 18.5 Å². The summed E-state index contributed by atoms with van der Waals surface area (Å²) in [6, 6.07) is 9.00. The number of anilines is 1. The summed E-state index contributed by atoms with van der Waals surface area (Å²) in [4.78, 5) is 6.85. The molecule has 0 aliphatic rings. The number of sulfonamides is 1. The van der Waals surface area contributed by atoms with E-state index >= 15 is 0 Å². The topological polar surface area (TPSA) is 76.3 Å². The third-order valence-electron chi connectivity index (χ3n) is 4.13. The zero-order valence-corrected chi connectivity index (χ0v) is 16.5. The lowest BCUT2D eigenvalue weighted by Crippen LogP contribution is -2.25. The number of primary sulfonamides is 1. The van der Waals surface area contributed by atoms with Gasteiger partial charge in [0.05, 0.1) is 4.90 Å². The average Bonchev–Trinajstić information content (AvgIpc) is 2.60. The highest BCUT2D eigenvalue weighted by Crippen LogP contribution is 2.34. The first kappa shape index (κ1) is 20.1. The van der Waals surface area contributed by atoms with Crippen molar-refractivity contribution in [1.29, 1.82) is 0 Å². The summed E-state index contributed by atoms with van der Waals surface area (Å²) in [5, 5.41) is 5.41. The molecule has 26 heavy (non-hydrogen) atoms. The third kappa shape index (κ3) is 4.51. The predicted octanol–water partition coefficient (Wildman–Crippen LogP) is 4.06. The number of allylic oxidation sites excluding steroid dienone is 1. The van der Waals surface area contributed by atoms with Crippen LogP contribution in [0, 0.1) is 0 Å². The highest BCUT2D eigenvalue weighted by molar-refractivity contribution is 7.89. The smallest absolute Gasteiger partial charge is 0.238 e. The fourth-order valence-corrected chi connectivity index (χ4v) is 3.93. The van der Waals surface area contributed by atoms with Gasteiger partial charge in [0.25, 0.3) is 0 Å². The maximum absolute atomic E-state index is 12.0. The van der Waals surface area contributed by atoms with Gasteiger partial charge in [0, 0.05) is 24.8 Å². The summed E-state index contributed by atoms with van der Waals surface area (Å²) in [6.45, 7) is 11.9. The largest absolute Gasteiger partial charge is 0.357 e. The fourth-order valence-electron chi connectivity index (χ4n) is 3.09. The molecule has 2 N–H and O–H groups in total. The zero-order valence-electron chi connectivity index (χ0n) is 15.7. The number of nitrogens with two attached hydrogens (primary N) is 1. The molecule has 6 heteroatoms. The van der Waals surface area contributed by atoms with E-state index in [1.165, 1.54) is 6.07 Å². The minimum atomic E-state index is -3.84. The van der Waals surface area contributed by atoms with Gasteiger partial charge in [0.2, 0.25) is 10.0 Å². The minimum absolute atomic E-state index is 0.0971. The summed E-state index contributed by atoms with van der Waals surface area (Å²) in [6.07, 6.45) is 3.82. The Kier molecular flexibility index (Phi) is 6.56. The molecule has 0 bridgehead atoms. The number of aromatic nitrogens is 1. The number of nitrogens with zero attached hydrogens (tertiary/aromatic N) is 2. The Labute approximate surface area is 156 Å². The molecular formula is C20H27N3O2S. The first-order valence-electron chi connectivity index (χ1n) is 8.82. The van der Waals surface area contributed by atoms with Crippen molar-refractivity contribution in [3.63, 3.8) is 0 Å². The van der Waals surface area contributed by atoms with Gasteiger partial charge in [-0.3, -0.25) is 0 Å². The Morgan fingerprint density at radius 2 is 1.85 bits per heavy atom. The molecule has 1 heterocycles. The highest BCUT2D eigenvalue weighted by Gasteiger charge is 2.19. The lowest BCUT2D eigenvalue weighted by Gasteiger charge is -2.23. The van der Waals surface area contributed by atoms with E-state index in [4.69, 9.17) is 5.14 Å². The van der Waals surface area contributed by atoms with Gasteiger partial charge < -0.3 is 4.90 Å². The van der Waals surface area contributed by atoms with Crippen molar-refractivity contribution in [1.82, 2.24) is 4.98 Å². The number of benzene rings is 1. The molecule has 0 radical (unpaired) electrons. The van der Waals surface area contributed by atoms with Crippen molar-refractivity contribution < 1.29 is 8.42 Å². The van der Waals surface area contributed by atoms with Gasteiger partial charge in [-0.05, 0) is 54.7 Å².